The Kier molecular flexibility index (Phi) is 2.17. The molecule has 64 valence electrons. The van der Waals surface area contributed by atoms with E-state index in [1.54, 1.807) is 0 Å². The average Bonchev–Trinajstić information content (AvgIpc) is 2.55. The normalized spacial score (nSPS) is 36.8. The fraction of sp³-hybridized carbons (Fsp3) is 1.00. The van der Waals surface area contributed by atoms with Crippen molar-refractivity contribution in [2.45, 2.75) is 32.6 Å². The smallest absolute Gasteiger partial charge is 0.00177 e. The predicted octanol–water partition coefficient (Wildman–Crippen LogP) is 2.03. The third-order valence-electron chi connectivity index (χ3n) is 3.34. The molecule has 0 radical (unpaired) electrons. The van der Waals surface area contributed by atoms with E-state index in [1.807, 2.05) is 0 Å². The molecule has 0 amide bonds. The van der Waals surface area contributed by atoms with Gasteiger partial charge in [-0.15, -0.1) is 0 Å². The number of hydrogen-bond acceptors (Lipinski definition) is 1. The van der Waals surface area contributed by atoms with Gasteiger partial charge in [-0.1, -0.05) is 13.3 Å². The Bertz CT molecular complexity index is 124. The molecule has 0 aromatic rings. The minimum Gasteiger partial charge on any atom is -0.316 e. The maximum absolute atomic E-state index is 3.58. The van der Waals surface area contributed by atoms with Gasteiger partial charge in [-0.3, -0.25) is 0 Å². The fourth-order valence-electron chi connectivity index (χ4n) is 1.85. The maximum Gasteiger partial charge on any atom is -0.00177 e. The number of hydrogen-bond donors (Lipinski definition) is 1. The Labute approximate surface area is 69.6 Å². The summed E-state index contributed by atoms with van der Waals surface area (Å²) >= 11 is 0. The van der Waals surface area contributed by atoms with E-state index in [4.69, 9.17) is 0 Å². The minimum absolute atomic E-state index is 1.02. The van der Waals surface area contributed by atoms with Crippen molar-refractivity contribution in [1.82, 2.24) is 5.32 Å². The molecule has 0 spiro atoms. The molecule has 2 aliphatic carbocycles. The largest absolute Gasteiger partial charge is 0.316 e. The Morgan fingerprint density at radius 2 is 2.00 bits per heavy atom. The van der Waals surface area contributed by atoms with Crippen LogP contribution in [0, 0.1) is 17.8 Å². The van der Waals surface area contributed by atoms with Crippen molar-refractivity contribution in [2.75, 3.05) is 13.1 Å². The van der Waals surface area contributed by atoms with Crippen LogP contribution in [-0.2, 0) is 0 Å². The van der Waals surface area contributed by atoms with Gasteiger partial charge in [0.05, 0.1) is 0 Å². The van der Waals surface area contributed by atoms with Crippen molar-refractivity contribution in [3.63, 3.8) is 0 Å². The van der Waals surface area contributed by atoms with Gasteiger partial charge >= 0.3 is 0 Å². The Morgan fingerprint density at radius 3 is 2.45 bits per heavy atom. The second-order valence-corrected chi connectivity index (χ2v) is 4.43. The van der Waals surface area contributed by atoms with E-state index in [1.165, 1.54) is 38.8 Å². The molecule has 1 nitrogen and oxygen atoms in total. The molecule has 2 aliphatic rings. The molecule has 11 heavy (non-hydrogen) atoms. The zero-order valence-electron chi connectivity index (χ0n) is 7.47. The highest BCUT2D eigenvalue weighted by Crippen LogP contribution is 2.36. The summed E-state index contributed by atoms with van der Waals surface area (Å²) in [6.45, 7) is 4.94. The molecule has 2 rings (SSSR count). The Morgan fingerprint density at radius 1 is 1.27 bits per heavy atom. The maximum atomic E-state index is 3.58. The van der Waals surface area contributed by atoms with Crippen molar-refractivity contribution >= 4 is 0 Å². The molecule has 0 aromatic heterocycles. The highest BCUT2D eigenvalue weighted by molar-refractivity contribution is 4.84. The van der Waals surface area contributed by atoms with Crippen LogP contribution in [0.1, 0.15) is 32.6 Å². The first kappa shape index (κ1) is 7.60. The predicted molar refractivity (Wildman–Crippen MR) is 47.5 cm³/mol. The minimum atomic E-state index is 1.02. The van der Waals surface area contributed by atoms with E-state index >= 15 is 0 Å². The van der Waals surface area contributed by atoms with E-state index < -0.39 is 0 Å². The molecule has 2 saturated carbocycles. The van der Waals surface area contributed by atoms with Crippen molar-refractivity contribution in [1.29, 1.82) is 0 Å². The summed E-state index contributed by atoms with van der Waals surface area (Å²) in [5.74, 6) is 3.07. The summed E-state index contributed by atoms with van der Waals surface area (Å²) in [4.78, 5) is 0. The SMILES string of the molecule is C[C@@H]1C[C@@H]1CNCC1CCC1. The van der Waals surface area contributed by atoms with Crippen LogP contribution >= 0.6 is 0 Å². The van der Waals surface area contributed by atoms with Crippen LogP contribution in [0.25, 0.3) is 0 Å². The van der Waals surface area contributed by atoms with Crippen LogP contribution < -0.4 is 5.32 Å². The second kappa shape index (κ2) is 3.14. The van der Waals surface area contributed by atoms with Crippen LogP contribution in [0.2, 0.25) is 0 Å². The molecule has 2 fully saturated rings. The van der Waals surface area contributed by atoms with E-state index in [9.17, 15) is 0 Å². The zero-order valence-corrected chi connectivity index (χ0v) is 7.47. The van der Waals surface area contributed by atoms with Crippen LogP contribution in [0.5, 0.6) is 0 Å². The van der Waals surface area contributed by atoms with Crippen molar-refractivity contribution < 1.29 is 0 Å². The molecule has 0 unspecified atom stereocenters. The van der Waals surface area contributed by atoms with Crippen LogP contribution in [0.3, 0.4) is 0 Å². The summed E-state index contributed by atoms with van der Waals surface area (Å²) in [6.07, 6.45) is 5.91. The first-order chi connectivity index (χ1) is 5.36. The molecular weight excluding hydrogens is 134 g/mol. The summed E-state index contributed by atoms with van der Waals surface area (Å²) in [7, 11) is 0. The summed E-state index contributed by atoms with van der Waals surface area (Å²) in [5.41, 5.74) is 0. The average molecular weight is 153 g/mol. The van der Waals surface area contributed by atoms with Gasteiger partial charge in [0, 0.05) is 0 Å². The highest BCUT2D eigenvalue weighted by atomic mass is 14.9. The number of rotatable bonds is 4. The van der Waals surface area contributed by atoms with Crippen LogP contribution in [0.4, 0.5) is 0 Å². The molecule has 2 atom stereocenters. The van der Waals surface area contributed by atoms with E-state index in [2.05, 4.69) is 12.2 Å². The van der Waals surface area contributed by atoms with Crippen molar-refractivity contribution in [2.24, 2.45) is 17.8 Å². The topological polar surface area (TPSA) is 12.0 Å². The highest BCUT2D eigenvalue weighted by Gasteiger charge is 2.31. The Hall–Kier alpha value is -0.0400. The van der Waals surface area contributed by atoms with E-state index in [0.29, 0.717) is 0 Å². The van der Waals surface area contributed by atoms with Gasteiger partial charge in [-0.2, -0.15) is 0 Å². The number of nitrogens with one attached hydrogen (secondary N) is 1. The van der Waals surface area contributed by atoms with E-state index in [0.717, 1.165) is 17.8 Å². The van der Waals surface area contributed by atoms with Gasteiger partial charge < -0.3 is 5.32 Å². The van der Waals surface area contributed by atoms with E-state index in [-0.39, 0.29) is 0 Å². The quantitative estimate of drug-likeness (QED) is 0.651. The van der Waals surface area contributed by atoms with Gasteiger partial charge in [0.25, 0.3) is 0 Å². The lowest BCUT2D eigenvalue weighted by Crippen LogP contribution is -2.28. The molecule has 0 heterocycles. The summed E-state index contributed by atoms with van der Waals surface area (Å²) in [6, 6.07) is 0. The van der Waals surface area contributed by atoms with Crippen molar-refractivity contribution in [3.8, 4) is 0 Å². The van der Waals surface area contributed by atoms with Crippen LogP contribution in [0.15, 0.2) is 0 Å². The molecule has 0 saturated heterocycles. The van der Waals surface area contributed by atoms with Crippen molar-refractivity contribution in [3.05, 3.63) is 0 Å². The monoisotopic (exact) mass is 153 g/mol. The second-order valence-electron chi connectivity index (χ2n) is 4.43. The molecule has 0 aliphatic heterocycles. The molecule has 1 N–H and O–H groups in total. The van der Waals surface area contributed by atoms with Gasteiger partial charge in [-0.05, 0) is 50.1 Å². The Balaban J connectivity index is 1.47. The van der Waals surface area contributed by atoms with Gasteiger partial charge in [-0.25, -0.2) is 0 Å². The lowest BCUT2D eigenvalue weighted by Gasteiger charge is -2.25. The third-order valence-corrected chi connectivity index (χ3v) is 3.34. The summed E-state index contributed by atoms with van der Waals surface area (Å²) in [5, 5.41) is 3.58. The summed E-state index contributed by atoms with van der Waals surface area (Å²) < 4.78 is 0. The molecule has 0 aromatic carbocycles. The zero-order chi connectivity index (χ0) is 7.68. The lowest BCUT2D eigenvalue weighted by atomic mass is 9.85. The first-order valence-corrected chi connectivity index (χ1v) is 5.07. The van der Waals surface area contributed by atoms with Gasteiger partial charge in [0.15, 0.2) is 0 Å². The molecule has 0 bridgehead atoms. The van der Waals surface area contributed by atoms with Gasteiger partial charge in [0.2, 0.25) is 0 Å². The van der Waals surface area contributed by atoms with Crippen LogP contribution in [-0.4, -0.2) is 13.1 Å². The molecular formula is C10H19N. The standard InChI is InChI=1S/C10H19N/c1-8-5-10(8)7-11-6-9-3-2-4-9/h8-11H,2-7H2,1H3/t8-,10-/m1/s1. The van der Waals surface area contributed by atoms with Gasteiger partial charge in [0.1, 0.15) is 0 Å². The molecule has 1 heteroatoms. The third kappa shape index (κ3) is 1.96. The lowest BCUT2D eigenvalue weighted by molar-refractivity contribution is 0.300. The first-order valence-electron chi connectivity index (χ1n) is 5.07. The fourth-order valence-corrected chi connectivity index (χ4v) is 1.85.